The third-order valence-corrected chi connectivity index (χ3v) is 12.1. The fourth-order valence-corrected chi connectivity index (χ4v) is 7.98. The summed E-state index contributed by atoms with van der Waals surface area (Å²) in [5.74, 6) is -2.30. The van der Waals surface area contributed by atoms with Crippen LogP contribution < -0.4 is 10.6 Å². The quantitative estimate of drug-likeness (QED) is 0.0271. The topological polar surface area (TPSA) is 142 Å². The van der Waals surface area contributed by atoms with Crippen molar-refractivity contribution in [3.63, 3.8) is 0 Å². The number of aliphatic hydroxyl groups excluding tert-OH is 1. The average Bonchev–Trinajstić information content (AvgIpc) is 3.28. The van der Waals surface area contributed by atoms with Gasteiger partial charge in [-0.15, -0.1) is 0 Å². The second-order valence-electron chi connectivity index (χ2n) is 18.3. The molecule has 0 aliphatic heterocycles. The SMILES string of the molecule is CCCCCCC/C=C\C/C=C\CCCCCCCCCCCCCC(=O)OC(CCC/C=C\CCCCCCCCCC)CCCCCCCC(=O)NCC(=O)NC(CO)C(=O)O. The highest BCUT2D eigenvalue weighted by Crippen LogP contribution is 2.18. The Balaban J connectivity index is 4.23. The Hall–Kier alpha value is -2.94. The number of carboxylic acids is 1. The first-order valence-electron chi connectivity index (χ1n) is 26.9. The Bertz CT molecular complexity index is 1170. The largest absolute Gasteiger partial charge is 0.480 e. The van der Waals surface area contributed by atoms with E-state index >= 15 is 0 Å². The molecule has 0 bridgehead atoms. The first-order chi connectivity index (χ1) is 31.3. The van der Waals surface area contributed by atoms with Crippen molar-refractivity contribution in [2.24, 2.45) is 0 Å². The standard InChI is InChI=1S/C55H100N2O7/c1-3-5-7-9-11-13-15-17-18-19-20-21-22-23-24-25-26-28-30-32-34-39-43-47-54(61)64-50(44-40-36-33-31-29-27-16-14-12-10-8-6-4-2)45-41-37-35-38-42-46-52(59)56-48-53(60)57-51(49-58)55(62)63/h15,17,19-20,31,33,50-51,58H,3-14,16,18,21-30,32,34-49H2,1-2H3,(H,56,59)(H,57,60)(H,62,63)/b17-15-,20-19-,33-31-. The molecule has 2 unspecified atom stereocenters. The first-order valence-corrected chi connectivity index (χ1v) is 26.9. The number of aliphatic hydroxyl groups is 1. The molecule has 2 amide bonds. The van der Waals surface area contributed by atoms with Gasteiger partial charge in [0.25, 0.3) is 0 Å². The van der Waals surface area contributed by atoms with Crippen LogP contribution in [-0.4, -0.2) is 59.3 Å². The number of unbranched alkanes of at least 4 members (excludes halogenated alkanes) is 29. The van der Waals surface area contributed by atoms with Gasteiger partial charge in [-0.25, -0.2) is 4.79 Å². The van der Waals surface area contributed by atoms with Crippen LogP contribution in [0, 0.1) is 0 Å². The Morgan fingerprint density at radius 1 is 0.469 bits per heavy atom. The van der Waals surface area contributed by atoms with Gasteiger partial charge in [-0.05, 0) is 89.9 Å². The van der Waals surface area contributed by atoms with Crippen LogP contribution in [0.25, 0.3) is 0 Å². The molecular formula is C55H100N2O7. The predicted molar refractivity (Wildman–Crippen MR) is 268 cm³/mol. The highest BCUT2D eigenvalue weighted by molar-refractivity contribution is 5.87. The predicted octanol–water partition coefficient (Wildman–Crippen LogP) is 14.5. The van der Waals surface area contributed by atoms with Gasteiger partial charge in [-0.1, -0.05) is 198 Å². The first kappa shape index (κ1) is 61.1. The maximum atomic E-state index is 12.9. The number of aliphatic carboxylic acids is 1. The molecule has 0 heterocycles. The second kappa shape index (κ2) is 49.5. The molecule has 0 aliphatic rings. The number of nitrogens with one attached hydrogen (secondary N) is 2. The van der Waals surface area contributed by atoms with Crippen LogP contribution in [0.2, 0.25) is 0 Å². The summed E-state index contributed by atoms with van der Waals surface area (Å²) in [7, 11) is 0. The molecule has 0 spiro atoms. The van der Waals surface area contributed by atoms with Gasteiger partial charge < -0.3 is 25.6 Å². The van der Waals surface area contributed by atoms with Crippen LogP contribution in [0.3, 0.4) is 0 Å². The van der Waals surface area contributed by atoms with Gasteiger partial charge in [0.2, 0.25) is 11.8 Å². The highest BCUT2D eigenvalue weighted by atomic mass is 16.5. The lowest BCUT2D eigenvalue weighted by Crippen LogP contribution is -2.47. The molecule has 9 nitrogen and oxygen atoms in total. The van der Waals surface area contributed by atoms with Crippen molar-refractivity contribution in [1.29, 1.82) is 0 Å². The summed E-state index contributed by atoms with van der Waals surface area (Å²) in [6.45, 7) is 3.49. The lowest BCUT2D eigenvalue weighted by molar-refractivity contribution is -0.150. The molecule has 9 heteroatoms. The fraction of sp³-hybridized carbons (Fsp3) is 0.818. The Labute approximate surface area is 393 Å². The van der Waals surface area contributed by atoms with Gasteiger partial charge in [0.1, 0.15) is 12.1 Å². The van der Waals surface area contributed by atoms with Gasteiger partial charge in [-0.2, -0.15) is 0 Å². The zero-order valence-corrected chi connectivity index (χ0v) is 41.5. The zero-order chi connectivity index (χ0) is 46.8. The molecule has 0 rings (SSSR count). The number of hydrogen-bond acceptors (Lipinski definition) is 6. The van der Waals surface area contributed by atoms with E-state index in [2.05, 4.69) is 60.9 Å². The Morgan fingerprint density at radius 3 is 1.33 bits per heavy atom. The molecule has 372 valence electrons. The van der Waals surface area contributed by atoms with Crippen molar-refractivity contribution in [2.75, 3.05) is 13.2 Å². The minimum absolute atomic E-state index is 0.0458. The van der Waals surface area contributed by atoms with Crippen molar-refractivity contribution in [1.82, 2.24) is 10.6 Å². The van der Waals surface area contributed by atoms with Gasteiger partial charge >= 0.3 is 11.9 Å². The summed E-state index contributed by atoms with van der Waals surface area (Å²) >= 11 is 0. The van der Waals surface area contributed by atoms with Gasteiger partial charge in [0, 0.05) is 12.8 Å². The van der Waals surface area contributed by atoms with E-state index in [4.69, 9.17) is 14.9 Å². The summed E-state index contributed by atoms with van der Waals surface area (Å²) < 4.78 is 6.06. The van der Waals surface area contributed by atoms with Crippen LogP contribution in [0.1, 0.15) is 264 Å². The lowest BCUT2D eigenvalue weighted by atomic mass is 10.0. The van der Waals surface area contributed by atoms with Crippen molar-refractivity contribution >= 4 is 23.8 Å². The number of carbonyl (C=O) groups excluding carboxylic acids is 3. The molecule has 4 N–H and O–H groups in total. The van der Waals surface area contributed by atoms with E-state index in [0.29, 0.717) is 19.3 Å². The molecule has 0 aliphatic carbocycles. The van der Waals surface area contributed by atoms with Crippen molar-refractivity contribution in [3.05, 3.63) is 36.5 Å². The summed E-state index contributed by atoms with van der Waals surface area (Å²) in [6, 6.07) is -1.38. The molecule has 2 atom stereocenters. The zero-order valence-electron chi connectivity index (χ0n) is 41.5. The van der Waals surface area contributed by atoms with Crippen molar-refractivity contribution in [3.8, 4) is 0 Å². The second-order valence-corrected chi connectivity index (χ2v) is 18.3. The number of carboxylic acid groups (broad SMARTS) is 1. The molecule has 64 heavy (non-hydrogen) atoms. The Kier molecular flexibility index (Phi) is 47.2. The van der Waals surface area contributed by atoms with Gasteiger partial charge in [-0.3, -0.25) is 14.4 Å². The average molecular weight is 901 g/mol. The molecule has 0 radical (unpaired) electrons. The number of carbonyl (C=O) groups is 4. The van der Waals surface area contributed by atoms with E-state index < -0.39 is 24.5 Å². The number of esters is 1. The minimum atomic E-state index is -1.38. The normalized spacial score (nSPS) is 12.7. The fourth-order valence-electron chi connectivity index (χ4n) is 7.98. The summed E-state index contributed by atoms with van der Waals surface area (Å²) in [5, 5.41) is 22.6. The number of ether oxygens (including phenoxy) is 1. The smallest absolute Gasteiger partial charge is 0.328 e. The summed E-state index contributed by atoms with van der Waals surface area (Å²) in [6.07, 6.45) is 59.0. The number of allylic oxidation sites excluding steroid dienone is 6. The van der Waals surface area contributed by atoms with E-state index in [1.807, 2.05) is 0 Å². The molecule has 0 aromatic heterocycles. The van der Waals surface area contributed by atoms with Crippen LogP contribution in [0.4, 0.5) is 0 Å². The number of amides is 2. The third kappa shape index (κ3) is 45.6. The third-order valence-electron chi connectivity index (χ3n) is 12.1. The molecule has 0 aromatic rings. The number of rotatable bonds is 49. The van der Waals surface area contributed by atoms with E-state index in [1.165, 1.54) is 154 Å². The maximum Gasteiger partial charge on any atom is 0.328 e. The summed E-state index contributed by atoms with van der Waals surface area (Å²) in [4.78, 5) is 47.8. The van der Waals surface area contributed by atoms with Crippen LogP contribution in [0.5, 0.6) is 0 Å². The van der Waals surface area contributed by atoms with E-state index in [1.54, 1.807) is 0 Å². The van der Waals surface area contributed by atoms with E-state index in [9.17, 15) is 19.2 Å². The molecule has 0 saturated heterocycles. The van der Waals surface area contributed by atoms with Crippen LogP contribution in [-0.2, 0) is 23.9 Å². The van der Waals surface area contributed by atoms with E-state index in [0.717, 1.165) is 77.0 Å². The van der Waals surface area contributed by atoms with Crippen molar-refractivity contribution < 1.29 is 34.1 Å². The Morgan fingerprint density at radius 2 is 0.859 bits per heavy atom. The highest BCUT2D eigenvalue weighted by Gasteiger charge is 2.19. The van der Waals surface area contributed by atoms with Crippen LogP contribution in [0.15, 0.2) is 36.5 Å². The maximum absolute atomic E-state index is 12.9. The minimum Gasteiger partial charge on any atom is -0.480 e. The van der Waals surface area contributed by atoms with Gasteiger partial charge in [0.05, 0.1) is 13.2 Å². The number of hydrogen-bond donors (Lipinski definition) is 4. The molecule has 0 aromatic carbocycles. The summed E-state index contributed by atoms with van der Waals surface area (Å²) in [5.41, 5.74) is 0. The monoisotopic (exact) mass is 901 g/mol. The molecule has 0 saturated carbocycles. The lowest BCUT2D eigenvalue weighted by Gasteiger charge is -2.18. The van der Waals surface area contributed by atoms with E-state index in [-0.39, 0.29) is 24.5 Å². The molecular weight excluding hydrogens is 801 g/mol. The van der Waals surface area contributed by atoms with Crippen molar-refractivity contribution in [2.45, 2.75) is 276 Å². The van der Waals surface area contributed by atoms with Crippen LogP contribution >= 0.6 is 0 Å². The van der Waals surface area contributed by atoms with Gasteiger partial charge in [0.15, 0.2) is 0 Å². The molecule has 0 fully saturated rings.